The van der Waals surface area contributed by atoms with Crippen molar-refractivity contribution in [3.05, 3.63) is 0 Å². The highest BCUT2D eigenvalue weighted by Gasteiger charge is 2.41. The van der Waals surface area contributed by atoms with Crippen LogP contribution in [0.3, 0.4) is 0 Å². The Labute approximate surface area is 87.2 Å². The highest BCUT2D eigenvalue weighted by atomic mass is 32.2. The summed E-state index contributed by atoms with van der Waals surface area (Å²) in [6, 6.07) is -0.717. The number of alkyl halides is 3. The van der Waals surface area contributed by atoms with Crippen LogP contribution in [0, 0.1) is 0 Å². The number of carbonyl (C=O) groups is 2. The van der Waals surface area contributed by atoms with Crippen LogP contribution in [0.2, 0.25) is 0 Å². The summed E-state index contributed by atoms with van der Waals surface area (Å²) in [5, 5.41) is 9.59. The zero-order chi connectivity index (χ0) is 11.6. The molecule has 8 heteroatoms. The summed E-state index contributed by atoms with van der Waals surface area (Å²) in [5.41, 5.74) is 0. The second-order valence-corrected chi connectivity index (χ2v) is 4.30. The first kappa shape index (κ1) is 12.2. The van der Waals surface area contributed by atoms with Crippen LogP contribution < -0.4 is 5.32 Å². The SMILES string of the molecule is O=C(O)[C@@H]1C[C@H](NC(=O)C(F)(F)F)CS1. The lowest BCUT2D eigenvalue weighted by atomic mass is 10.2. The summed E-state index contributed by atoms with van der Waals surface area (Å²) in [7, 11) is 0. The quantitative estimate of drug-likeness (QED) is 0.746. The average molecular weight is 243 g/mol. The fraction of sp³-hybridized carbons (Fsp3) is 0.714. The first-order valence-electron chi connectivity index (χ1n) is 4.03. The normalized spacial score (nSPS) is 26.3. The van der Waals surface area contributed by atoms with Crippen LogP contribution in [-0.2, 0) is 9.59 Å². The summed E-state index contributed by atoms with van der Waals surface area (Å²) in [5.74, 6) is -2.89. The molecule has 0 aliphatic carbocycles. The topological polar surface area (TPSA) is 66.4 Å². The molecule has 2 N–H and O–H groups in total. The Kier molecular flexibility index (Phi) is 3.48. The molecule has 1 saturated heterocycles. The van der Waals surface area contributed by atoms with Crippen molar-refractivity contribution < 1.29 is 27.9 Å². The molecule has 1 rings (SSSR count). The van der Waals surface area contributed by atoms with Crippen molar-refractivity contribution in [1.29, 1.82) is 0 Å². The second-order valence-electron chi connectivity index (χ2n) is 3.06. The Morgan fingerprint density at radius 3 is 2.40 bits per heavy atom. The molecule has 0 aromatic heterocycles. The van der Waals surface area contributed by atoms with E-state index < -0.39 is 29.3 Å². The van der Waals surface area contributed by atoms with Crippen LogP contribution in [0.25, 0.3) is 0 Å². The summed E-state index contributed by atoms with van der Waals surface area (Å²) < 4.78 is 35.5. The van der Waals surface area contributed by atoms with Crippen LogP contribution in [0.4, 0.5) is 13.2 Å². The van der Waals surface area contributed by atoms with E-state index in [4.69, 9.17) is 5.11 Å². The van der Waals surface area contributed by atoms with Gasteiger partial charge in [0.05, 0.1) is 0 Å². The van der Waals surface area contributed by atoms with E-state index in [9.17, 15) is 22.8 Å². The minimum Gasteiger partial charge on any atom is -0.480 e. The molecule has 1 aliphatic heterocycles. The van der Waals surface area contributed by atoms with Crippen molar-refractivity contribution in [2.24, 2.45) is 0 Å². The van der Waals surface area contributed by atoms with E-state index in [0.717, 1.165) is 11.8 Å². The van der Waals surface area contributed by atoms with Gasteiger partial charge in [0.2, 0.25) is 0 Å². The fourth-order valence-corrected chi connectivity index (χ4v) is 2.36. The molecular formula is C7H8F3NO3S. The van der Waals surface area contributed by atoms with Gasteiger partial charge in [-0.2, -0.15) is 13.2 Å². The van der Waals surface area contributed by atoms with Crippen LogP contribution in [0.1, 0.15) is 6.42 Å². The summed E-state index contributed by atoms with van der Waals surface area (Å²) in [6.07, 6.45) is -4.88. The first-order valence-corrected chi connectivity index (χ1v) is 5.07. The predicted octanol–water partition coefficient (Wildman–Crippen LogP) is 0.624. The van der Waals surface area contributed by atoms with Crippen molar-refractivity contribution in [2.45, 2.75) is 23.9 Å². The molecule has 0 saturated carbocycles. The molecule has 1 amide bonds. The fourth-order valence-electron chi connectivity index (χ4n) is 1.17. The molecule has 15 heavy (non-hydrogen) atoms. The number of halogens is 3. The number of nitrogens with one attached hydrogen (secondary N) is 1. The van der Waals surface area contributed by atoms with Crippen LogP contribution in [0.5, 0.6) is 0 Å². The zero-order valence-electron chi connectivity index (χ0n) is 7.37. The number of hydrogen-bond acceptors (Lipinski definition) is 3. The van der Waals surface area contributed by atoms with E-state index in [2.05, 4.69) is 0 Å². The lowest BCUT2D eigenvalue weighted by molar-refractivity contribution is -0.174. The van der Waals surface area contributed by atoms with Crippen LogP contribution in [-0.4, -0.2) is 40.2 Å². The standard InChI is InChI=1S/C7H8F3NO3S/c8-7(9,10)6(14)11-3-1-4(5(12)13)15-2-3/h3-4H,1-2H2,(H,11,14)(H,12,13)/t3-,4-/m0/s1. The predicted molar refractivity (Wildman–Crippen MR) is 46.5 cm³/mol. The maximum atomic E-state index is 11.8. The number of carboxylic acids is 1. The minimum absolute atomic E-state index is 0.0296. The van der Waals surface area contributed by atoms with Crippen molar-refractivity contribution >= 4 is 23.6 Å². The summed E-state index contributed by atoms with van der Waals surface area (Å²) in [6.45, 7) is 0. The van der Waals surface area contributed by atoms with Gasteiger partial charge in [0.1, 0.15) is 5.25 Å². The lowest BCUT2D eigenvalue weighted by Gasteiger charge is -2.12. The van der Waals surface area contributed by atoms with Crippen molar-refractivity contribution in [2.75, 3.05) is 5.75 Å². The number of aliphatic carboxylic acids is 1. The Balaban J connectivity index is 2.43. The molecule has 0 bridgehead atoms. The monoisotopic (exact) mass is 243 g/mol. The molecule has 1 heterocycles. The van der Waals surface area contributed by atoms with Crippen LogP contribution in [0.15, 0.2) is 0 Å². The highest BCUT2D eigenvalue weighted by molar-refractivity contribution is 8.00. The van der Waals surface area contributed by atoms with E-state index in [1.54, 1.807) is 5.32 Å². The van der Waals surface area contributed by atoms with Gasteiger partial charge in [0.15, 0.2) is 0 Å². The third-order valence-corrected chi connectivity index (χ3v) is 3.26. The van der Waals surface area contributed by atoms with E-state index in [1.165, 1.54) is 0 Å². The molecule has 0 unspecified atom stereocenters. The maximum absolute atomic E-state index is 11.8. The van der Waals surface area contributed by atoms with Gasteiger partial charge in [-0.1, -0.05) is 0 Å². The number of carboxylic acid groups (broad SMARTS) is 1. The number of rotatable bonds is 2. The number of thioether (sulfide) groups is 1. The van der Waals surface area contributed by atoms with Gasteiger partial charge in [-0.05, 0) is 6.42 Å². The molecule has 0 aromatic rings. The van der Waals surface area contributed by atoms with Gasteiger partial charge >= 0.3 is 18.1 Å². The Bertz CT molecular complexity index is 281. The van der Waals surface area contributed by atoms with Crippen molar-refractivity contribution in [3.63, 3.8) is 0 Å². The molecule has 0 radical (unpaired) electrons. The average Bonchev–Trinajstić information content (AvgIpc) is 2.50. The van der Waals surface area contributed by atoms with E-state index in [1.807, 2.05) is 0 Å². The molecule has 1 aliphatic rings. The molecule has 4 nitrogen and oxygen atoms in total. The van der Waals surface area contributed by atoms with Gasteiger partial charge in [-0.25, -0.2) is 0 Å². The van der Waals surface area contributed by atoms with E-state index in [-0.39, 0.29) is 12.2 Å². The largest absolute Gasteiger partial charge is 0.480 e. The summed E-state index contributed by atoms with van der Waals surface area (Å²) >= 11 is 1.03. The third kappa shape index (κ3) is 3.29. The van der Waals surface area contributed by atoms with Crippen molar-refractivity contribution in [1.82, 2.24) is 5.32 Å². The number of amides is 1. The van der Waals surface area contributed by atoms with E-state index in [0.29, 0.717) is 0 Å². The van der Waals surface area contributed by atoms with Gasteiger partial charge in [0, 0.05) is 11.8 Å². The molecular weight excluding hydrogens is 235 g/mol. The minimum atomic E-state index is -4.91. The molecule has 2 atom stereocenters. The number of hydrogen-bond donors (Lipinski definition) is 2. The smallest absolute Gasteiger partial charge is 0.471 e. The summed E-state index contributed by atoms with van der Waals surface area (Å²) in [4.78, 5) is 21.0. The molecule has 86 valence electrons. The van der Waals surface area contributed by atoms with Gasteiger partial charge in [-0.3, -0.25) is 9.59 Å². The molecule has 1 fully saturated rings. The maximum Gasteiger partial charge on any atom is 0.471 e. The Morgan fingerprint density at radius 2 is 2.00 bits per heavy atom. The Hall–Kier alpha value is -0.920. The Morgan fingerprint density at radius 1 is 1.40 bits per heavy atom. The number of carbonyl (C=O) groups excluding carboxylic acids is 1. The third-order valence-electron chi connectivity index (χ3n) is 1.87. The molecule has 0 aromatic carbocycles. The highest BCUT2D eigenvalue weighted by Crippen LogP contribution is 2.27. The second kappa shape index (κ2) is 4.30. The van der Waals surface area contributed by atoms with Crippen LogP contribution >= 0.6 is 11.8 Å². The van der Waals surface area contributed by atoms with E-state index >= 15 is 0 Å². The molecule has 0 spiro atoms. The first-order chi connectivity index (χ1) is 6.80. The van der Waals surface area contributed by atoms with Gasteiger partial charge < -0.3 is 10.4 Å². The van der Waals surface area contributed by atoms with Gasteiger partial charge in [0.25, 0.3) is 0 Å². The van der Waals surface area contributed by atoms with Gasteiger partial charge in [-0.15, -0.1) is 11.8 Å². The van der Waals surface area contributed by atoms with Crippen molar-refractivity contribution in [3.8, 4) is 0 Å². The lowest BCUT2D eigenvalue weighted by Crippen LogP contribution is -2.43. The zero-order valence-corrected chi connectivity index (χ0v) is 8.19.